The summed E-state index contributed by atoms with van der Waals surface area (Å²) in [6.45, 7) is 33.6. The number of hydrogen-bond acceptors (Lipinski definition) is 4. The highest BCUT2D eigenvalue weighted by molar-refractivity contribution is 5.02. The van der Waals surface area contributed by atoms with Gasteiger partial charge in [0, 0.05) is 24.2 Å². The molecule has 4 nitrogen and oxygen atoms in total. The molecule has 5 fully saturated rings. The van der Waals surface area contributed by atoms with Crippen LogP contribution in [0.1, 0.15) is 133 Å². The van der Waals surface area contributed by atoms with E-state index in [4.69, 9.17) is 0 Å². The van der Waals surface area contributed by atoms with Crippen molar-refractivity contribution in [2.24, 2.45) is 29.1 Å². The lowest BCUT2D eigenvalue weighted by atomic mass is 9.59. The first kappa shape index (κ1) is 35.3. The zero-order valence-corrected chi connectivity index (χ0v) is 29.6. The second kappa shape index (κ2) is 16.8. The Morgan fingerprint density at radius 3 is 1.20 bits per heavy atom. The van der Waals surface area contributed by atoms with Crippen molar-refractivity contribution in [3.8, 4) is 0 Å². The quantitative estimate of drug-likeness (QED) is 0.316. The third-order valence-corrected chi connectivity index (χ3v) is 12.2. The van der Waals surface area contributed by atoms with Gasteiger partial charge < -0.3 is 19.6 Å². The van der Waals surface area contributed by atoms with E-state index in [1.54, 1.807) is 0 Å². The molecule has 0 N–H and O–H groups in total. The second-order valence-electron chi connectivity index (χ2n) is 15.7. The van der Waals surface area contributed by atoms with E-state index in [0.29, 0.717) is 0 Å². The van der Waals surface area contributed by atoms with Crippen molar-refractivity contribution in [3.05, 3.63) is 0 Å². The van der Waals surface area contributed by atoms with E-state index in [-0.39, 0.29) is 0 Å². The predicted octanol–water partition coefficient (Wildman–Crippen LogP) is 8.26. The van der Waals surface area contributed by atoms with Gasteiger partial charge in [0.25, 0.3) is 0 Å². The van der Waals surface area contributed by atoms with E-state index >= 15 is 0 Å². The molecule has 0 amide bonds. The van der Waals surface area contributed by atoms with Crippen molar-refractivity contribution in [2.45, 2.75) is 158 Å². The molecule has 41 heavy (non-hydrogen) atoms. The SMILES string of the molecule is CC.CC(C)C1CCN(C2CC3(CCN(C(C)C)CC3)C2)CC1.CC(C)N1CCC(C2CCN(C(C)C)CC2)CC1. The first-order valence-electron chi connectivity index (χ1n) is 18.5. The Balaban J connectivity index is 0.000000215. The van der Waals surface area contributed by atoms with Crippen LogP contribution in [0.4, 0.5) is 0 Å². The molecule has 1 spiro atoms. The van der Waals surface area contributed by atoms with E-state index < -0.39 is 0 Å². The highest BCUT2D eigenvalue weighted by Crippen LogP contribution is 2.51. The van der Waals surface area contributed by atoms with E-state index in [0.717, 1.165) is 53.3 Å². The molecule has 5 rings (SSSR count). The average molecular weight is 575 g/mol. The number of piperidine rings is 4. The summed E-state index contributed by atoms with van der Waals surface area (Å²) in [4.78, 5) is 10.8. The van der Waals surface area contributed by atoms with Gasteiger partial charge in [0.05, 0.1) is 0 Å². The molecule has 0 aromatic heterocycles. The van der Waals surface area contributed by atoms with E-state index in [2.05, 4.69) is 75.0 Å². The lowest BCUT2D eigenvalue weighted by molar-refractivity contribution is -0.0574. The zero-order chi connectivity index (χ0) is 30.2. The fourth-order valence-electron chi connectivity index (χ4n) is 8.89. The second-order valence-corrected chi connectivity index (χ2v) is 15.7. The molecule has 1 aliphatic carbocycles. The van der Waals surface area contributed by atoms with Crippen molar-refractivity contribution < 1.29 is 0 Å². The standard InChI is InChI=1S/C19H36N2.C16H32N2.C2H6/c1-15(2)17-5-9-21(10-6-17)18-13-19(14-18)7-11-20(12-8-19)16(3)4;1-13(2)17-9-5-15(6-10-17)16-7-11-18(12-8-16)14(3)4;1-2/h15-18H,5-14H2,1-4H3;13-16H,5-12H2,1-4H3;1-2H3. The van der Waals surface area contributed by atoms with E-state index in [1.165, 1.54) is 117 Å². The van der Waals surface area contributed by atoms with Gasteiger partial charge in [-0.25, -0.2) is 0 Å². The molecule has 0 unspecified atom stereocenters. The van der Waals surface area contributed by atoms with Gasteiger partial charge >= 0.3 is 0 Å². The van der Waals surface area contributed by atoms with Crippen molar-refractivity contribution in [2.75, 3.05) is 52.4 Å². The summed E-state index contributed by atoms with van der Waals surface area (Å²) in [5, 5.41) is 0. The molecule has 1 saturated carbocycles. The van der Waals surface area contributed by atoms with E-state index in [1.807, 2.05) is 13.8 Å². The minimum absolute atomic E-state index is 0.741. The van der Waals surface area contributed by atoms with Crippen LogP contribution in [0, 0.1) is 29.1 Å². The molecule has 5 aliphatic rings. The third-order valence-electron chi connectivity index (χ3n) is 12.2. The normalized spacial score (nSPS) is 26.8. The highest BCUT2D eigenvalue weighted by atomic mass is 15.2. The molecule has 4 heteroatoms. The summed E-state index contributed by atoms with van der Waals surface area (Å²) in [6, 6.07) is 3.17. The molecule has 242 valence electrons. The van der Waals surface area contributed by atoms with Crippen LogP contribution in [-0.4, -0.2) is 96.1 Å². The van der Waals surface area contributed by atoms with Gasteiger partial charge in [-0.1, -0.05) is 27.7 Å². The Hall–Kier alpha value is -0.160. The van der Waals surface area contributed by atoms with Crippen molar-refractivity contribution >= 4 is 0 Å². The molecule has 0 bridgehead atoms. The van der Waals surface area contributed by atoms with Crippen molar-refractivity contribution in [1.82, 2.24) is 19.6 Å². The Morgan fingerprint density at radius 1 is 0.488 bits per heavy atom. The monoisotopic (exact) mass is 575 g/mol. The average Bonchev–Trinajstić information content (AvgIpc) is 2.97. The minimum Gasteiger partial charge on any atom is -0.301 e. The topological polar surface area (TPSA) is 13.0 Å². The van der Waals surface area contributed by atoms with Gasteiger partial charge in [-0.05, 0) is 187 Å². The van der Waals surface area contributed by atoms with Gasteiger partial charge in [0.1, 0.15) is 0 Å². The fourth-order valence-corrected chi connectivity index (χ4v) is 8.89. The summed E-state index contributed by atoms with van der Waals surface area (Å²) in [7, 11) is 0. The van der Waals surface area contributed by atoms with Crippen LogP contribution in [0.15, 0.2) is 0 Å². The summed E-state index contributed by atoms with van der Waals surface area (Å²) >= 11 is 0. The molecular formula is C37H74N4. The molecule has 4 aliphatic heterocycles. The van der Waals surface area contributed by atoms with Crippen LogP contribution in [0.25, 0.3) is 0 Å². The van der Waals surface area contributed by atoms with Gasteiger partial charge in [-0.2, -0.15) is 0 Å². The van der Waals surface area contributed by atoms with Crippen LogP contribution >= 0.6 is 0 Å². The Morgan fingerprint density at radius 2 is 0.854 bits per heavy atom. The molecule has 4 saturated heterocycles. The molecular weight excluding hydrogens is 500 g/mol. The Bertz CT molecular complexity index is 652. The Labute approximate surface area is 258 Å². The van der Waals surface area contributed by atoms with Crippen molar-refractivity contribution in [1.29, 1.82) is 0 Å². The van der Waals surface area contributed by atoms with Crippen LogP contribution in [0.2, 0.25) is 0 Å². The maximum atomic E-state index is 2.83. The number of likely N-dealkylation sites (tertiary alicyclic amines) is 4. The molecule has 0 aromatic carbocycles. The van der Waals surface area contributed by atoms with E-state index in [9.17, 15) is 0 Å². The number of hydrogen-bond donors (Lipinski definition) is 0. The molecule has 0 aromatic rings. The van der Waals surface area contributed by atoms with Crippen molar-refractivity contribution in [3.63, 3.8) is 0 Å². The Kier molecular flexibility index (Phi) is 14.5. The lowest BCUT2D eigenvalue weighted by Crippen LogP contribution is -2.57. The lowest BCUT2D eigenvalue weighted by Gasteiger charge is -2.56. The minimum atomic E-state index is 0.741. The summed E-state index contributed by atoms with van der Waals surface area (Å²) in [5.41, 5.74) is 0.741. The predicted molar refractivity (Wildman–Crippen MR) is 181 cm³/mol. The van der Waals surface area contributed by atoms with Gasteiger partial charge in [-0.3, -0.25) is 0 Å². The van der Waals surface area contributed by atoms with Crippen LogP contribution in [-0.2, 0) is 0 Å². The largest absolute Gasteiger partial charge is 0.301 e. The molecule has 4 heterocycles. The molecule has 0 atom stereocenters. The number of rotatable bonds is 6. The maximum Gasteiger partial charge on any atom is 0.0106 e. The van der Waals surface area contributed by atoms with Gasteiger partial charge in [0.15, 0.2) is 0 Å². The van der Waals surface area contributed by atoms with Crippen LogP contribution in [0.5, 0.6) is 0 Å². The van der Waals surface area contributed by atoms with Gasteiger partial charge in [-0.15, -0.1) is 0 Å². The molecule has 0 radical (unpaired) electrons. The first-order chi connectivity index (χ1) is 19.6. The van der Waals surface area contributed by atoms with Crippen LogP contribution < -0.4 is 0 Å². The third kappa shape index (κ3) is 9.92. The van der Waals surface area contributed by atoms with Gasteiger partial charge in [0.2, 0.25) is 0 Å². The smallest absolute Gasteiger partial charge is 0.0106 e. The maximum absolute atomic E-state index is 2.83. The zero-order valence-electron chi connectivity index (χ0n) is 29.6. The van der Waals surface area contributed by atoms with Crippen LogP contribution in [0.3, 0.4) is 0 Å². The highest BCUT2D eigenvalue weighted by Gasteiger charge is 2.48. The summed E-state index contributed by atoms with van der Waals surface area (Å²) in [5.74, 6) is 3.92. The summed E-state index contributed by atoms with van der Waals surface area (Å²) in [6.07, 6.45) is 14.6. The number of nitrogens with zero attached hydrogens (tertiary/aromatic N) is 4. The fraction of sp³-hybridized carbons (Fsp3) is 1.00. The first-order valence-corrected chi connectivity index (χ1v) is 18.5. The summed E-state index contributed by atoms with van der Waals surface area (Å²) < 4.78 is 0.